The number of aryl methyl sites for hydroxylation is 1. The van der Waals surface area contributed by atoms with Gasteiger partial charge in [0, 0.05) is 21.5 Å². The number of benzene rings is 3. The molecule has 0 heterocycles. The van der Waals surface area contributed by atoms with Gasteiger partial charge in [0.1, 0.15) is 0 Å². The maximum atomic E-state index is 3.50. The van der Waals surface area contributed by atoms with Crippen LogP contribution in [0.4, 0.5) is 17.1 Å². The van der Waals surface area contributed by atoms with Gasteiger partial charge in [-0.2, -0.15) is 0 Å². The number of halogens is 1. The van der Waals surface area contributed by atoms with E-state index in [1.807, 2.05) is 6.07 Å². The molecule has 0 bridgehead atoms. The Morgan fingerprint density at radius 3 is 1.67 bits per heavy atom. The lowest BCUT2D eigenvalue weighted by Crippen LogP contribution is -2.09. The van der Waals surface area contributed by atoms with E-state index in [1.165, 1.54) is 5.56 Å². The van der Waals surface area contributed by atoms with Crippen molar-refractivity contribution in [1.82, 2.24) is 0 Å². The topological polar surface area (TPSA) is 3.24 Å². The van der Waals surface area contributed by atoms with E-state index >= 15 is 0 Å². The highest BCUT2D eigenvalue weighted by Crippen LogP contribution is 2.34. The molecule has 0 aliphatic rings. The normalized spacial score (nSPS) is 10.4. The van der Waals surface area contributed by atoms with Crippen LogP contribution in [0.1, 0.15) is 5.56 Å². The molecule has 0 spiro atoms. The summed E-state index contributed by atoms with van der Waals surface area (Å²) < 4.78 is 1.09. The van der Waals surface area contributed by atoms with Crippen LogP contribution in [0.15, 0.2) is 83.3 Å². The zero-order chi connectivity index (χ0) is 14.7. The van der Waals surface area contributed by atoms with Crippen molar-refractivity contribution in [3.8, 4) is 0 Å². The van der Waals surface area contributed by atoms with Gasteiger partial charge in [0.25, 0.3) is 0 Å². The van der Waals surface area contributed by atoms with Crippen LogP contribution in [0, 0.1) is 6.92 Å². The fraction of sp³-hybridized carbons (Fsp3) is 0.0526. The summed E-state index contributed by atoms with van der Waals surface area (Å²) in [5.41, 5.74) is 4.73. The Balaban J connectivity index is 2.11. The molecule has 21 heavy (non-hydrogen) atoms. The minimum atomic E-state index is 1.09. The van der Waals surface area contributed by atoms with E-state index < -0.39 is 0 Å². The minimum Gasteiger partial charge on any atom is -0.311 e. The summed E-state index contributed by atoms with van der Waals surface area (Å²) in [6.45, 7) is 2.11. The molecule has 104 valence electrons. The Hall–Kier alpha value is -2.06. The van der Waals surface area contributed by atoms with Gasteiger partial charge in [-0.3, -0.25) is 0 Å². The summed E-state index contributed by atoms with van der Waals surface area (Å²) in [5.74, 6) is 0. The molecule has 2 heteroatoms. The summed E-state index contributed by atoms with van der Waals surface area (Å²) >= 11 is 3.50. The van der Waals surface area contributed by atoms with Crippen molar-refractivity contribution < 1.29 is 0 Å². The van der Waals surface area contributed by atoms with Crippen molar-refractivity contribution in [2.45, 2.75) is 6.92 Å². The largest absolute Gasteiger partial charge is 0.311 e. The van der Waals surface area contributed by atoms with E-state index in [4.69, 9.17) is 0 Å². The zero-order valence-electron chi connectivity index (χ0n) is 11.8. The number of hydrogen-bond acceptors (Lipinski definition) is 1. The van der Waals surface area contributed by atoms with Gasteiger partial charge in [-0.05, 0) is 55.5 Å². The van der Waals surface area contributed by atoms with Crippen molar-refractivity contribution in [1.29, 1.82) is 0 Å². The van der Waals surface area contributed by atoms with E-state index in [-0.39, 0.29) is 0 Å². The quantitative estimate of drug-likeness (QED) is 0.547. The summed E-state index contributed by atoms with van der Waals surface area (Å²) in [4.78, 5) is 2.26. The molecule has 0 amide bonds. The van der Waals surface area contributed by atoms with Gasteiger partial charge in [-0.1, -0.05) is 51.8 Å². The monoisotopic (exact) mass is 337 g/mol. The van der Waals surface area contributed by atoms with Crippen molar-refractivity contribution in [3.63, 3.8) is 0 Å². The van der Waals surface area contributed by atoms with Crippen molar-refractivity contribution in [2.75, 3.05) is 4.90 Å². The van der Waals surface area contributed by atoms with Crippen LogP contribution in [-0.4, -0.2) is 0 Å². The molecule has 0 aromatic heterocycles. The number of rotatable bonds is 3. The molecule has 0 aliphatic carbocycles. The molecule has 3 rings (SSSR count). The van der Waals surface area contributed by atoms with Gasteiger partial charge in [-0.15, -0.1) is 0 Å². The standard InChI is InChI=1S/C19H16BrN/c1-15-7-11-18(12-8-15)21(17-5-3-2-4-6-17)19-13-9-16(20)10-14-19/h2-14H,1H3. The van der Waals surface area contributed by atoms with Crippen LogP contribution in [0.2, 0.25) is 0 Å². The number of nitrogens with zero attached hydrogens (tertiary/aromatic N) is 1. The highest BCUT2D eigenvalue weighted by molar-refractivity contribution is 9.10. The Morgan fingerprint density at radius 1 is 0.619 bits per heavy atom. The Bertz CT molecular complexity index is 657. The zero-order valence-corrected chi connectivity index (χ0v) is 13.4. The van der Waals surface area contributed by atoms with Crippen LogP contribution in [-0.2, 0) is 0 Å². The molecule has 0 unspecified atom stereocenters. The van der Waals surface area contributed by atoms with E-state index in [2.05, 4.69) is 101 Å². The SMILES string of the molecule is Cc1ccc(N(c2ccccc2)c2ccc(Br)cc2)cc1. The molecular weight excluding hydrogens is 322 g/mol. The maximum Gasteiger partial charge on any atom is 0.0462 e. The molecule has 0 saturated carbocycles. The fourth-order valence-electron chi connectivity index (χ4n) is 2.31. The lowest BCUT2D eigenvalue weighted by atomic mass is 10.1. The second-order valence-corrected chi connectivity index (χ2v) is 5.90. The molecule has 3 aromatic rings. The Morgan fingerprint density at radius 2 is 1.10 bits per heavy atom. The van der Waals surface area contributed by atoms with E-state index in [1.54, 1.807) is 0 Å². The van der Waals surface area contributed by atoms with Crippen LogP contribution in [0.25, 0.3) is 0 Å². The van der Waals surface area contributed by atoms with Crippen molar-refractivity contribution in [2.24, 2.45) is 0 Å². The van der Waals surface area contributed by atoms with Gasteiger partial charge in [0.2, 0.25) is 0 Å². The van der Waals surface area contributed by atoms with Gasteiger partial charge >= 0.3 is 0 Å². The highest BCUT2D eigenvalue weighted by Gasteiger charge is 2.11. The van der Waals surface area contributed by atoms with E-state index in [9.17, 15) is 0 Å². The average Bonchev–Trinajstić information content (AvgIpc) is 2.52. The summed E-state index contributed by atoms with van der Waals surface area (Å²) in [5, 5.41) is 0. The molecule has 3 aromatic carbocycles. The molecule has 0 atom stereocenters. The van der Waals surface area contributed by atoms with Crippen molar-refractivity contribution in [3.05, 3.63) is 88.9 Å². The van der Waals surface area contributed by atoms with Crippen LogP contribution in [0.5, 0.6) is 0 Å². The fourth-order valence-corrected chi connectivity index (χ4v) is 2.57. The first-order chi connectivity index (χ1) is 10.2. The van der Waals surface area contributed by atoms with Gasteiger partial charge < -0.3 is 4.90 Å². The van der Waals surface area contributed by atoms with Crippen LogP contribution in [0.3, 0.4) is 0 Å². The first kappa shape index (κ1) is 13.9. The van der Waals surface area contributed by atoms with E-state index in [0.717, 1.165) is 21.5 Å². The average molecular weight is 338 g/mol. The third-order valence-electron chi connectivity index (χ3n) is 3.39. The van der Waals surface area contributed by atoms with Gasteiger partial charge in [0.05, 0.1) is 0 Å². The molecule has 0 radical (unpaired) electrons. The second-order valence-electron chi connectivity index (χ2n) is 4.98. The number of para-hydroxylation sites is 1. The first-order valence-corrected chi connectivity index (χ1v) is 7.71. The Kier molecular flexibility index (Phi) is 4.07. The number of anilines is 3. The smallest absolute Gasteiger partial charge is 0.0462 e. The van der Waals surface area contributed by atoms with Crippen LogP contribution < -0.4 is 4.90 Å². The second kappa shape index (κ2) is 6.15. The molecule has 0 fully saturated rings. The highest BCUT2D eigenvalue weighted by atomic mass is 79.9. The van der Waals surface area contributed by atoms with Gasteiger partial charge in [0.15, 0.2) is 0 Å². The molecular formula is C19H16BrN. The van der Waals surface area contributed by atoms with E-state index in [0.29, 0.717) is 0 Å². The third kappa shape index (κ3) is 3.17. The summed E-state index contributed by atoms with van der Waals surface area (Å²) in [6.07, 6.45) is 0. The molecule has 0 aliphatic heterocycles. The molecule has 0 saturated heterocycles. The summed E-state index contributed by atoms with van der Waals surface area (Å²) in [6, 6.07) is 27.4. The van der Waals surface area contributed by atoms with Gasteiger partial charge in [-0.25, -0.2) is 0 Å². The minimum absolute atomic E-state index is 1.09. The van der Waals surface area contributed by atoms with Crippen LogP contribution >= 0.6 is 15.9 Å². The maximum absolute atomic E-state index is 3.50. The molecule has 0 N–H and O–H groups in total. The van der Waals surface area contributed by atoms with Crippen molar-refractivity contribution >= 4 is 33.0 Å². The third-order valence-corrected chi connectivity index (χ3v) is 3.92. The predicted molar refractivity (Wildman–Crippen MR) is 93.6 cm³/mol. The lowest BCUT2D eigenvalue weighted by Gasteiger charge is -2.25. The Labute approximate surface area is 134 Å². The first-order valence-electron chi connectivity index (χ1n) is 6.91. The molecule has 1 nitrogen and oxygen atoms in total. The predicted octanol–water partition coefficient (Wildman–Crippen LogP) is 6.23. The summed E-state index contributed by atoms with van der Waals surface area (Å²) in [7, 11) is 0. The lowest BCUT2D eigenvalue weighted by molar-refractivity contribution is 1.27. The number of hydrogen-bond donors (Lipinski definition) is 0.